The lowest BCUT2D eigenvalue weighted by Gasteiger charge is -2.14. The van der Waals surface area contributed by atoms with Crippen LogP contribution in [-0.4, -0.2) is 34.8 Å². The average molecular weight is 225 g/mol. The number of aromatic nitrogens is 2. The normalized spacial score (nSPS) is 20.8. The van der Waals surface area contributed by atoms with E-state index in [1.165, 1.54) is 7.11 Å². The Labute approximate surface area is 92.9 Å². The van der Waals surface area contributed by atoms with Crippen LogP contribution in [0.15, 0.2) is 12.3 Å². The van der Waals surface area contributed by atoms with Gasteiger partial charge in [-0.15, -0.1) is 0 Å². The van der Waals surface area contributed by atoms with Crippen molar-refractivity contribution in [3.63, 3.8) is 0 Å². The standard InChI is InChI=1S/C9H11N3O2S/c1-14-9-10-3-2-7(11-9)12-5-6(15)4-8(12)13/h2-3,6,15H,4-5H2,1H3. The Morgan fingerprint density at radius 3 is 3.07 bits per heavy atom. The van der Waals surface area contributed by atoms with Crippen LogP contribution in [0.25, 0.3) is 0 Å². The van der Waals surface area contributed by atoms with E-state index in [-0.39, 0.29) is 17.2 Å². The van der Waals surface area contributed by atoms with Crippen molar-refractivity contribution in [1.82, 2.24) is 9.97 Å². The van der Waals surface area contributed by atoms with Gasteiger partial charge in [-0.1, -0.05) is 0 Å². The number of thiol groups is 1. The number of carbonyl (C=O) groups is 1. The molecule has 0 N–H and O–H groups in total. The largest absolute Gasteiger partial charge is 0.467 e. The lowest BCUT2D eigenvalue weighted by atomic mass is 10.4. The molecule has 0 aliphatic carbocycles. The molecule has 15 heavy (non-hydrogen) atoms. The van der Waals surface area contributed by atoms with E-state index in [1.54, 1.807) is 17.2 Å². The number of rotatable bonds is 2. The van der Waals surface area contributed by atoms with Gasteiger partial charge in [-0.25, -0.2) is 4.98 Å². The first-order chi connectivity index (χ1) is 7.20. The van der Waals surface area contributed by atoms with Crippen molar-refractivity contribution in [1.29, 1.82) is 0 Å². The number of methoxy groups -OCH3 is 1. The second-order valence-corrected chi connectivity index (χ2v) is 3.99. The Bertz CT molecular complexity index is 385. The summed E-state index contributed by atoms with van der Waals surface area (Å²) in [5.74, 6) is 0.610. The third-order valence-corrected chi connectivity index (χ3v) is 2.53. The molecule has 1 aromatic rings. The number of ether oxygens (including phenoxy) is 1. The van der Waals surface area contributed by atoms with Crippen molar-refractivity contribution >= 4 is 24.4 Å². The number of nitrogens with zero attached hydrogens (tertiary/aromatic N) is 3. The van der Waals surface area contributed by atoms with Gasteiger partial charge >= 0.3 is 6.01 Å². The first kappa shape index (κ1) is 10.2. The molecule has 1 unspecified atom stereocenters. The lowest BCUT2D eigenvalue weighted by Crippen LogP contribution is -2.25. The first-order valence-electron chi connectivity index (χ1n) is 4.56. The quantitative estimate of drug-likeness (QED) is 0.746. The smallest absolute Gasteiger partial charge is 0.318 e. The van der Waals surface area contributed by atoms with Crippen molar-refractivity contribution in [2.24, 2.45) is 0 Å². The molecular weight excluding hydrogens is 214 g/mol. The van der Waals surface area contributed by atoms with Crippen LogP contribution in [0.2, 0.25) is 0 Å². The maximum Gasteiger partial charge on any atom is 0.318 e. The summed E-state index contributed by atoms with van der Waals surface area (Å²) in [4.78, 5) is 21.1. The Kier molecular flexibility index (Phi) is 2.77. The van der Waals surface area contributed by atoms with E-state index in [2.05, 4.69) is 22.6 Å². The highest BCUT2D eigenvalue weighted by Crippen LogP contribution is 2.22. The molecule has 0 aromatic carbocycles. The zero-order valence-corrected chi connectivity index (χ0v) is 9.15. The van der Waals surface area contributed by atoms with E-state index in [1.807, 2.05) is 0 Å². The van der Waals surface area contributed by atoms with Gasteiger partial charge in [0.15, 0.2) is 0 Å². The fourth-order valence-corrected chi connectivity index (χ4v) is 1.81. The van der Waals surface area contributed by atoms with Crippen LogP contribution < -0.4 is 9.64 Å². The molecular formula is C9H11N3O2S. The van der Waals surface area contributed by atoms with E-state index in [9.17, 15) is 4.79 Å². The molecule has 6 heteroatoms. The second kappa shape index (κ2) is 4.06. The third kappa shape index (κ3) is 2.04. The van der Waals surface area contributed by atoms with Gasteiger partial charge in [-0.3, -0.25) is 9.69 Å². The number of amides is 1. The van der Waals surface area contributed by atoms with E-state index in [4.69, 9.17) is 4.74 Å². The highest BCUT2D eigenvalue weighted by Gasteiger charge is 2.29. The van der Waals surface area contributed by atoms with E-state index in [0.717, 1.165) is 0 Å². The summed E-state index contributed by atoms with van der Waals surface area (Å²) >= 11 is 4.27. The van der Waals surface area contributed by atoms with Crippen molar-refractivity contribution in [2.45, 2.75) is 11.7 Å². The summed E-state index contributed by atoms with van der Waals surface area (Å²) in [5.41, 5.74) is 0. The third-order valence-electron chi connectivity index (χ3n) is 2.18. The molecule has 1 aliphatic heterocycles. The molecule has 1 amide bonds. The predicted octanol–water partition coefficient (Wildman–Crippen LogP) is 0.520. The number of carbonyl (C=O) groups excluding carboxylic acids is 1. The Morgan fingerprint density at radius 2 is 2.47 bits per heavy atom. The highest BCUT2D eigenvalue weighted by molar-refractivity contribution is 7.81. The number of hydrogen-bond donors (Lipinski definition) is 1. The summed E-state index contributed by atoms with van der Waals surface area (Å²) in [6.07, 6.45) is 2.02. The molecule has 1 aromatic heterocycles. The van der Waals surface area contributed by atoms with Crippen LogP contribution in [0.5, 0.6) is 6.01 Å². The van der Waals surface area contributed by atoms with Gasteiger partial charge < -0.3 is 4.74 Å². The van der Waals surface area contributed by atoms with Gasteiger partial charge in [-0.05, 0) is 6.07 Å². The lowest BCUT2D eigenvalue weighted by molar-refractivity contribution is -0.117. The molecule has 1 saturated heterocycles. The molecule has 80 valence electrons. The maximum absolute atomic E-state index is 11.6. The zero-order valence-electron chi connectivity index (χ0n) is 8.25. The van der Waals surface area contributed by atoms with E-state index >= 15 is 0 Å². The van der Waals surface area contributed by atoms with Gasteiger partial charge in [0.05, 0.1) is 7.11 Å². The first-order valence-corrected chi connectivity index (χ1v) is 5.08. The van der Waals surface area contributed by atoms with Gasteiger partial charge in [0.1, 0.15) is 5.82 Å². The summed E-state index contributed by atoms with van der Waals surface area (Å²) < 4.78 is 4.90. The summed E-state index contributed by atoms with van der Waals surface area (Å²) in [5, 5.41) is 0.0819. The predicted molar refractivity (Wildman–Crippen MR) is 58.3 cm³/mol. The summed E-state index contributed by atoms with van der Waals surface area (Å²) in [7, 11) is 1.49. The van der Waals surface area contributed by atoms with Gasteiger partial charge in [-0.2, -0.15) is 17.6 Å². The van der Waals surface area contributed by atoms with Crippen LogP contribution in [-0.2, 0) is 4.79 Å². The van der Waals surface area contributed by atoms with Gasteiger partial charge in [0.25, 0.3) is 0 Å². The highest BCUT2D eigenvalue weighted by atomic mass is 32.1. The van der Waals surface area contributed by atoms with Crippen molar-refractivity contribution < 1.29 is 9.53 Å². The van der Waals surface area contributed by atoms with Gasteiger partial charge in [0.2, 0.25) is 5.91 Å². The SMILES string of the molecule is COc1nccc(N2CC(S)CC2=O)n1. The molecule has 0 spiro atoms. The van der Waals surface area contributed by atoms with Crippen LogP contribution in [0, 0.1) is 0 Å². The topological polar surface area (TPSA) is 55.3 Å². The molecule has 2 rings (SSSR count). The number of anilines is 1. The molecule has 0 saturated carbocycles. The zero-order chi connectivity index (χ0) is 10.8. The minimum Gasteiger partial charge on any atom is -0.467 e. The Balaban J connectivity index is 2.25. The van der Waals surface area contributed by atoms with Crippen LogP contribution in [0.4, 0.5) is 5.82 Å². The summed E-state index contributed by atoms with van der Waals surface area (Å²) in [6, 6.07) is 1.95. The monoisotopic (exact) mass is 225 g/mol. The molecule has 1 atom stereocenters. The maximum atomic E-state index is 11.6. The van der Waals surface area contributed by atoms with Crippen molar-refractivity contribution in [3.05, 3.63) is 12.3 Å². The van der Waals surface area contributed by atoms with Crippen molar-refractivity contribution in [3.8, 4) is 6.01 Å². The van der Waals surface area contributed by atoms with E-state index < -0.39 is 0 Å². The average Bonchev–Trinajstić information content (AvgIpc) is 2.58. The minimum absolute atomic E-state index is 0.0377. The molecule has 2 heterocycles. The van der Waals surface area contributed by atoms with E-state index in [0.29, 0.717) is 18.8 Å². The molecule has 0 radical (unpaired) electrons. The second-order valence-electron chi connectivity index (χ2n) is 3.26. The minimum atomic E-state index is 0.0377. The molecule has 0 bridgehead atoms. The molecule has 5 nitrogen and oxygen atoms in total. The Morgan fingerprint density at radius 1 is 1.67 bits per heavy atom. The Hall–Kier alpha value is -1.30. The van der Waals surface area contributed by atoms with Crippen LogP contribution in [0.1, 0.15) is 6.42 Å². The number of hydrogen-bond acceptors (Lipinski definition) is 5. The fraction of sp³-hybridized carbons (Fsp3) is 0.444. The fourth-order valence-electron chi connectivity index (χ4n) is 1.49. The summed E-state index contributed by atoms with van der Waals surface area (Å²) in [6.45, 7) is 0.585. The van der Waals surface area contributed by atoms with Gasteiger partial charge in [0, 0.05) is 24.4 Å². The molecule has 1 aliphatic rings. The molecule has 1 fully saturated rings. The van der Waals surface area contributed by atoms with Crippen LogP contribution >= 0.6 is 12.6 Å². The van der Waals surface area contributed by atoms with Crippen LogP contribution in [0.3, 0.4) is 0 Å². The van der Waals surface area contributed by atoms with Crippen molar-refractivity contribution in [2.75, 3.05) is 18.6 Å².